The number of nitrogens with one attached hydrogen (secondary N) is 1. The summed E-state index contributed by atoms with van der Waals surface area (Å²) in [5, 5.41) is 14.2. The Morgan fingerprint density at radius 1 is 1.04 bits per heavy atom. The Morgan fingerprint density at radius 2 is 1.75 bits per heavy atom. The van der Waals surface area contributed by atoms with Gasteiger partial charge in [0.25, 0.3) is 5.69 Å². The fourth-order valence-corrected chi connectivity index (χ4v) is 3.45. The molecular weight excluding hydrogens is 320 g/mol. The van der Waals surface area contributed by atoms with Gasteiger partial charge in [0, 0.05) is 34.5 Å². The van der Waals surface area contributed by atoms with Gasteiger partial charge in [0.05, 0.1) is 4.92 Å². The van der Waals surface area contributed by atoms with E-state index >= 15 is 0 Å². The second-order valence-electron chi connectivity index (χ2n) is 5.58. The molecule has 2 aromatic carbocycles. The Morgan fingerprint density at radius 3 is 2.42 bits per heavy atom. The molecule has 1 aromatic heterocycles. The number of non-ortho nitro benzene ring substituents is 1. The molecule has 3 aromatic rings. The molecule has 122 valence electrons. The van der Waals surface area contributed by atoms with Crippen molar-refractivity contribution in [1.29, 1.82) is 0 Å². The summed E-state index contributed by atoms with van der Waals surface area (Å²) in [4.78, 5) is 12.7. The van der Waals surface area contributed by atoms with Crippen LogP contribution in [0.4, 0.5) is 5.69 Å². The average molecular weight is 338 g/mol. The molecule has 5 heteroatoms. The van der Waals surface area contributed by atoms with Gasteiger partial charge < -0.3 is 5.32 Å². The van der Waals surface area contributed by atoms with Crippen molar-refractivity contribution in [1.82, 2.24) is 5.32 Å². The van der Waals surface area contributed by atoms with Crippen LogP contribution >= 0.6 is 11.3 Å². The quantitative estimate of drug-likeness (QED) is 0.498. The largest absolute Gasteiger partial charge is 0.305 e. The molecule has 3 rings (SSSR count). The van der Waals surface area contributed by atoms with E-state index in [1.54, 1.807) is 35.6 Å². The van der Waals surface area contributed by atoms with E-state index in [2.05, 4.69) is 36.5 Å². The maximum atomic E-state index is 10.7. The molecule has 1 atom stereocenters. The topological polar surface area (TPSA) is 55.2 Å². The van der Waals surface area contributed by atoms with Gasteiger partial charge in [-0.15, -0.1) is 11.3 Å². The first-order chi connectivity index (χ1) is 11.6. The van der Waals surface area contributed by atoms with Gasteiger partial charge in [-0.3, -0.25) is 10.1 Å². The first-order valence-corrected chi connectivity index (χ1v) is 8.57. The number of nitro groups is 1. The molecule has 0 fully saturated rings. The molecule has 0 radical (unpaired) electrons. The maximum Gasteiger partial charge on any atom is 0.269 e. The zero-order chi connectivity index (χ0) is 16.9. The molecule has 0 aliphatic carbocycles. The minimum Gasteiger partial charge on any atom is -0.305 e. The van der Waals surface area contributed by atoms with Gasteiger partial charge in [-0.05, 0) is 42.3 Å². The Labute approximate surface area is 144 Å². The summed E-state index contributed by atoms with van der Waals surface area (Å²) in [5.41, 5.74) is 2.39. The van der Waals surface area contributed by atoms with E-state index in [0.29, 0.717) is 0 Å². The van der Waals surface area contributed by atoms with Gasteiger partial charge in [0.2, 0.25) is 0 Å². The van der Waals surface area contributed by atoms with Crippen LogP contribution in [0.5, 0.6) is 0 Å². The lowest BCUT2D eigenvalue weighted by molar-refractivity contribution is -0.384. The molecule has 24 heavy (non-hydrogen) atoms. The normalized spacial score (nSPS) is 12.0. The molecule has 4 nitrogen and oxygen atoms in total. The Hall–Kier alpha value is -2.50. The van der Waals surface area contributed by atoms with Crippen LogP contribution in [0, 0.1) is 10.1 Å². The van der Waals surface area contributed by atoms with Crippen LogP contribution in [0.25, 0.3) is 10.4 Å². The van der Waals surface area contributed by atoms with Crippen LogP contribution in [-0.4, -0.2) is 4.92 Å². The first kappa shape index (κ1) is 16.4. The summed E-state index contributed by atoms with van der Waals surface area (Å²) >= 11 is 1.71. The molecule has 0 saturated heterocycles. The molecule has 0 spiro atoms. The van der Waals surface area contributed by atoms with Crippen molar-refractivity contribution in [3.05, 3.63) is 87.3 Å². The van der Waals surface area contributed by atoms with Gasteiger partial charge in [0.1, 0.15) is 0 Å². The zero-order valence-corrected chi connectivity index (χ0v) is 14.1. The van der Waals surface area contributed by atoms with E-state index in [-0.39, 0.29) is 16.7 Å². The molecule has 0 saturated carbocycles. The second-order valence-corrected chi connectivity index (χ2v) is 6.75. The summed E-state index contributed by atoms with van der Waals surface area (Å²) in [6, 6.07) is 21.5. The third-order valence-electron chi connectivity index (χ3n) is 3.91. The van der Waals surface area contributed by atoms with Gasteiger partial charge in [-0.25, -0.2) is 0 Å². The van der Waals surface area contributed by atoms with E-state index in [1.807, 2.05) is 18.2 Å². The van der Waals surface area contributed by atoms with Crippen LogP contribution in [0.3, 0.4) is 0 Å². The lowest BCUT2D eigenvalue weighted by atomic mass is 10.1. The highest BCUT2D eigenvalue weighted by molar-refractivity contribution is 7.15. The second kappa shape index (κ2) is 7.38. The molecule has 1 unspecified atom stereocenters. The van der Waals surface area contributed by atoms with Crippen LogP contribution < -0.4 is 5.32 Å². The summed E-state index contributed by atoms with van der Waals surface area (Å²) < 4.78 is 0. The smallest absolute Gasteiger partial charge is 0.269 e. The molecular formula is C19H18N2O2S. The van der Waals surface area contributed by atoms with E-state index in [0.717, 1.165) is 17.0 Å². The Balaban J connectivity index is 1.64. The molecule has 0 aliphatic rings. The third kappa shape index (κ3) is 3.88. The monoisotopic (exact) mass is 338 g/mol. The SMILES string of the molecule is CC(NCc1ccc(-c2ccc([N+](=O)[O-])cc2)s1)c1ccccc1. The minimum atomic E-state index is -0.376. The number of nitro benzene ring substituents is 1. The van der Waals surface area contributed by atoms with Crippen molar-refractivity contribution < 1.29 is 4.92 Å². The van der Waals surface area contributed by atoms with Crippen LogP contribution in [0.2, 0.25) is 0 Å². The van der Waals surface area contributed by atoms with Gasteiger partial charge in [-0.2, -0.15) is 0 Å². The van der Waals surface area contributed by atoms with E-state index < -0.39 is 0 Å². The highest BCUT2D eigenvalue weighted by atomic mass is 32.1. The van der Waals surface area contributed by atoms with E-state index in [1.165, 1.54) is 10.4 Å². The summed E-state index contributed by atoms with van der Waals surface area (Å²) in [7, 11) is 0. The predicted octanol–water partition coefficient (Wildman–Crippen LogP) is 5.17. The fraction of sp³-hybridized carbons (Fsp3) is 0.158. The number of thiophene rings is 1. The average Bonchev–Trinajstić information content (AvgIpc) is 3.09. The van der Waals surface area contributed by atoms with Gasteiger partial charge in [0.15, 0.2) is 0 Å². The molecule has 0 amide bonds. The molecule has 0 bridgehead atoms. The van der Waals surface area contributed by atoms with Crippen molar-refractivity contribution in [3.8, 4) is 10.4 Å². The minimum absolute atomic E-state index is 0.119. The standard InChI is InChI=1S/C19H18N2O2S/c1-14(15-5-3-2-4-6-15)20-13-18-11-12-19(24-18)16-7-9-17(10-8-16)21(22)23/h2-12,14,20H,13H2,1H3. The number of hydrogen-bond donors (Lipinski definition) is 1. The fourth-order valence-electron chi connectivity index (χ4n) is 2.49. The van der Waals surface area contributed by atoms with E-state index in [9.17, 15) is 10.1 Å². The van der Waals surface area contributed by atoms with E-state index in [4.69, 9.17) is 0 Å². The summed E-state index contributed by atoms with van der Waals surface area (Å²) in [6.45, 7) is 2.95. The van der Waals surface area contributed by atoms with Crippen LogP contribution in [0.15, 0.2) is 66.7 Å². The van der Waals surface area contributed by atoms with Gasteiger partial charge >= 0.3 is 0 Å². The lowest BCUT2D eigenvalue weighted by Gasteiger charge is -2.13. The maximum absolute atomic E-state index is 10.7. The highest BCUT2D eigenvalue weighted by Crippen LogP contribution is 2.29. The number of rotatable bonds is 6. The van der Waals surface area contributed by atoms with Crippen LogP contribution in [0.1, 0.15) is 23.4 Å². The van der Waals surface area contributed by atoms with Crippen LogP contribution in [-0.2, 0) is 6.54 Å². The van der Waals surface area contributed by atoms with Crippen molar-refractivity contribution in [3.63, 3.8) is 0 Å². The number of hydrogen-bond acceptors (Lipinski definition) is 4. The Bertz CT molecular complexity index is 813. The third-order valence-corrected chi connectivity index (χ3v) is 5.04. The van der Waals surface area contributed by atoms with Crippen molar-refractivity contribution in [2.75, 3.05) is 0 Å². The number of nitrogens with zero attached hydrogens (tertiary/aromatic N) is 1. The Kier molecular flexibility index (Phi) is 5.03. The summed E-state index contributed by atoms with van der Waals surface area (Å²) in [5.74, 6) is 0. The molecule has 1 N–H and O–H groups in total. The molecule has 1 heterocycles. The zero-order valence-electron chi connectivity index (χ0n) is 13.3. The predicted molar refractivity (Wildman–Crippen MR) is 98.1 cm³/mol. The van der Waals surface area contributed by atoms with Crippen molar-refractivity contribution in [2.24, 2.45) is 0 Å². The highest BCUT2D eigenvalue weighted by Gasteiger charge is 2.08. The lowest BCUT2D eigenvalue weighted by Crippen LogP contribution is -2.17. The summed E-state index contributed by atoms with van der Waals surface area (Å²) in [6.07, 6.45) is 0. The number of benzene rings is 2. The molecule has 0 aliphatic heterocycles. The van der Waals surface area contributed by atoms with Crippen molar-refractivity contribution >= 4 is 17.0 Å². The van der Waals surface area contributed by atoms with Gasteiger partial charge in [-0.1, -0.05) is 30.3 Å². The van der Waals surface area contributed by atoms with Crippen molar-refractivity contribution in [2.45, 2.75) is 19.5 Å². The first-order valence-electron chi connectivity index (χ1n) is 7.75.